The molecule has 2 aromatic rings. The summed E-state index contributed by atoms with van der Waals surface area (Å²) in [5, 5.41) is 11.2. The first kappa shape index (κ1) is 15.2. The van der Waals surface area contributed by atoms with Crippen LogP contribution in [0.15, 0.2) is 48.7 Å². The van der Waals surface area contributed by atoms with Gasteiger partial charge in [-0.25, -0.2) is 9.78 Å². The highest BCUT2D eigenvalue weighted by molar-refractivity contribution is 5.94. The molecule has 2 rings (SSSR count). The van der Waals surface area contributed by atoms with Crippen molar-refractivity contribution in [2.75, 3.05) is 11.9 Å². The van der Waals surface area contributed by atoms with Crippen LogP contribution in [-0.2, 0) is 16.0 Å². The number of nitriles is 1. The fourth-order valence-electron chi connectivity index (χ4n) is 1.68. The highest BCUT2D eigenvalue weighted by Gasteiger charge is 2.10. The minimum atomic E-state index is -0.653. The molecular formula is C16H13N3O3. The fraction of sp³-hybridized carbons (Fsp3) is 0.125. The Morgan fingerprint density at radius 2 is 1.95 bits per heavy atom. The van der Waals surface area contributed by atoms with E-state index in [9.17, 15) is 9.59 Å². The lowest BCUT2D eigenvalue weighted by Gasteiger charge is -2.06. The van der Waals surface area contributed by atoms with Crippen molar-refractivity contribution in [1.29, 1.82) is 5.26 Å². The van der Waals surface area contributed by atoms with Crippen molar-refractivity contribution < 1.29 is 14.3 Å². The summed E-state index contributed by atoms with van der Waals surface area (Å²) in [4.78, 5) is 27.2. The van der Waals surface area contributed by atoms with Gasteiger partial charge in [-0.05, 0) is 29.8 Å². The van der Waals surface area contributed by atoms with Crippen molar-refractivity contribution >= 4 is 17.6 Å². The molecule has 0 unspecified atom stereocenters. The Morgan fingerprint density at radius 1 is 1.18 bits per heavy atom. The number of esters is 1. The molecule has 22 heavy (non-hydrogen) atoms. The van der Waals surface area contributed by atoms with E-state index in [0.29, 0.717) is 12.1 Å². The number of nitrogens with one attached hydrogen (secondary N) is 1. The number of benzene rings is 1. The van der Waals surface area contributed by atoms with Gasteiger partial charge in [0.2, 0.25) is 0 Å². The first-order valence-corrected chi connectivity index (χ1v) is 6.53. The molecule has 0 radical (unpaired) electrons. The van der Waals surface area contributed by atoms with Crippen molar-refractivity contribution in [3.8, 4) is 6.07 Å². The lowest BCUT2D eigenvalue weighted by atomic mass is 10.1. The first-order valence-electron chi connectivity index (χ1n) is 6.53. The third-order valence-electron chi connectivity index (χ3n) is 2.73. The van der Waals surface area contributed by atoms with Crippen LogP contribution in [0, 0.1) is 11.3 Å². The number of aromatic nitrogens is 1. The molecule has 0 aliphatic heterocycles. The molecule has 0 saturated carbocycles. The third-order valence-corrected chi connectivity index (χ3v) is 2.73. The molecule has 6 heteroatoms. The van der Waals surface area contributed by atoms with Gasteiger partial charge in [0, 0.05) is 11.9 Å². The average Bonchev–Trinajstić information content (AvgIpc) is 2.55. The third kappa shape index (κ3) is 4.42. The molecule has 0 saturated heterocycles. The highest BCUT2D eigenvalue weighted by atomic mass is 16.5. The maximum atomic E-state index is 11.7. The van der Waals surface area contributed by atoms with Crippen LogP contribution in [0.2, 0.25) is 0 Å². The number of ether oxygens (including phenoxy) is 1. The topological polar surface area (TPSA) is 92.1 Å². The molecule has 110 valence electrons. The molecule has 0 aliphatic rings. The van der Waals surface area contributed by atoms with E-state index >= 15 is 0 Å². The van der Waals surface area contributed by atoms with Gasteiger partial charge in [-0.1, -0.05) is 18.2 Å². The van der Waals surface area contributed by atoms with E-state index < -0.39 is 18.5 Å². The molecule has 6 nitrogen and oxygen atoms in total. The second-order valence-electron chi connectivity index (χ2n) is 4.37. The number of rotatable bonds is 5. The minimum absolute atomic E-state index is 0.149. The number of hydrogen-bond donors (Lipinski definition) is 1. The zero-order valence-electron chi connectivity index (χ0n) is 11.7. The molecular weight excluding hydrogens is 282 g/mol. The largest absolute Gasteiger partial charge is 0.451 e. The van der Waals surface area contributed by atoms with Crippen LogP contribution in [0.1, 0.15) is 16.1 Å². The van der Waals surface area contributed by atoms with Crippen molar-refractivity contribution in [2.24, 2.45) is 0 Å². The van der Waals surface area contributed by atoms with Gasteiger partial charge in [-0.3, -0.25) is 4.79 Å². The summed E-state index contributed by atoms with van der Waals surface area (Å²) in [6, 6.07) is 13.8. The van der Waals surface area contributed by atoms with Gasteiger partial charge in [0.1, 0.15) is 5.69 Å². The summed E-state index contributed by atoms with van der Waals surface area (Å²) >= 11 is 0. The van der Waals surface area contributed by atoms with Crippen LogP contribution >= 0.6 is 0 Å². The molecule has 1 aromatic carbocycles. The molecule has 1 heterocycles. The zero-order chi connectivity index (χ0) is 15.8. The number of hydrogen-bond acceptors (Lipinski definition) is 5. The van der Waals surface area contributed by atoms with E-state index in [1.807, 2.05) is 6.07 Å². The number of carbonyl (C=O) groups excluding carboxylic acids is 2. The Morgan fingerprint density at radius 3 is 2.59 bits per heavy atom. The van der Waals surface area contributed by atoms with Gasteiger partial charge < -0.3 is 10.1 Å². The monoisotopic (exact) mass is 295 g/mol. The van der Waals surface area contributed by atoms with Gasteiger partial charge >= 0.3 is 5.97 Å². The predicted octanol–water partition coefficient (Wildman–Crippen LogP) is 1.94. The van der Waals surface area contributed by atoms with Crippen LogP contribution in [0.5, 0.6) is 0 Å². The molecule has 0 spiro atoms. The number of anilines is 1. The van der Waals surface area contributed by atoms with E-state index in [0.717, 1.165) is 5.56 Å². The van der Waals surface area contributed by atoms with E-state index in [2.05, 4.69) is 10.3 Å². The van der Waals surface area contributed by atoms with Gasteiger partial charge in [0.15, 0.2) is 6.61 Å². The maximum absolute atomic E-state index is 11.7. The summed E-state index contributed by atoms with van der Waals surface area (Å²) in [7, 11) is 0. The average molecular weight is 295 g/mol. The second-order valence-corrected chi connectivity index (χ2v) is 4.37. The van der Waals surface area contributed by atoms with Gasteiger partial charge in [-0.2, -0.15) is 5.26 Å². The van der Waals surface area contributed by atoms with Crippen molar-refractivity contribution in [1.82, 2.24) is 4.98 Å². The zero-order valence-corrected chi connectivity index (χ0v) is 11.7. The highest BCUT2D eigenvalue weighted by Crippen LogP contribution is 2.09. The van der Waals surface area contributed by atoms with Crippen LogP contribution < -0.4 is 5.32 Å². The first-order chi connectivity index (χ1) is 10.7. The van der Waals surface area contributed by atoms with Gasteiger partial charge in [0.25, 0.3) is 5.91 Å². The van der Waals surface area contributed by atoms with Crippen LogP contribution in [-0.4, -0.2) is 23.5 Å². The maximum Gasteiger partial charge on any atom is 0.357 e. The van der Waals surface area contributed by atoms with Crippen molar-refractivity contribution in [3.63, 3.8) is 0 Å². The molecule has 1 amide bonds. The fourth-order valence-corrected chi connectivity index (χ4v) is 1.68. The van der Waals surface area contributed by atoms with Crippen LogP contribution in [0.4, 0.5) is 5.69 Å². The smallest absolute Gasteiger partial charge is 0.357 e. The van der Waals surface area contributed by atoms with Crippen molar-refractivity contribution in [3.05, 3.63) is 59.9 Å². The molecule has 0 atom stereocenters. The molecule has 0 aliphatic carbocycles. The van der Waals surface area contributed by atoms with Crippen LogP contribution in [0.25, 0.3) is 0 Å². The quantitative estimate of drug-likeness (QED) is 0.851. The molecule has 1 N–H and O–H groups in total. The van der Waals surface area contributed by atoms with Crippen LogP contribution in [0.3, 0.4) is 0 Å². The van der Waals surface area contributed by atoms with E-state index in [4.69, 9.17) is 10.00 Å². The number of carbonyl (C=O) groups is 2. The predicted molar refractivity (Wildman–Crippen MR) is 78.9 cm³/mol. The lowest BCUT2D eigenvalue weighted by Crippen LogP contribution is -2.21. The van der Waals surface area contributed by atoms with Crippen molar-refractivity contribution in [2.45, 2.75) is 6.42 Å². The van der Waals surface area contributed by atoms with E-state index in [-0.39, 0.29) is 5.69 Å². The Bertz CT molecular complexity index is 691. The molecule has 0 bridgehead atoms. The summed E-state index contributed by atoms with van der Waals surface area (Å²) in [5.41, 5.74) is 1.58. The Hall–Kier alpha value is -3.20. The van der Waals surface area contributed by atoms with E-state index in [1.165, 1.54) is 12.3 Å². The second kappa shape index (κ2) is 7.55. The minimum Gasteiger partial charge on any atom is -0.451 e. The van der Waals surface area contributed by atoms with E-state index in [1.54, 1.807) is 36.4 Å². The standard InChI is InChI=1S/C16H13N3O3/c17-9-8-12-4-6-13(7-5-12)19-15(20)11-22-16(21)14-3-1-2-10-18-14/h1-7,10H,8,11H2,(H,19,20). The lowest BCUT2D eigenvalue weighted by molar-refractivity contribution is -0.119. The molecule has 1 aromatic heterocycles. The number of nitrogens with zero attached hydrogens (tertiary/aromatic N) is 2. The number of pyridine rings is 1. The summed E-state index contributed by atoms with van der Waals surface area (Å²) in [5.74, 6) is -1.10. The Kier molecular flexibility index (Phi) is 5.21. The van der Waals surface area contributed by atoms with Gasteiger partial charge in [0.05, 0.1) is 12.5 Å². The summed E-state index contributed by atoms with van der Waals surface area (Å²) in [6.45, 7) is -0.393. The summed E-state index contributed by atoms with van der Waals surface area (Å²) in [6.07, 6.45) is 1.79. The Balaban J connectivity index is 1.83. The number of amides is 1. The normalized spacial score (nSPS) is 9.59. The molecule has 0 fully saturated rings. The van der Waals surface area contributed by atoms with Gasteiger partial charge in [-0.15, -0.1) is 0 Å². The Labute approximate surface area is 127 Å². The SMILES string of the molecule is N#CCc1ccc(NC(=O)COC(=O)c2ccccn2)cc1. The summed E-state index contributed by atoms with van der Waals surface area (Å²) < 4.78 is 4.87.